The molecule has 1 aromatic carbocycles. The van der Waals surface area contributed by atoms with Gasteiger partial charge in [-0.3, -0.25) is 0 Å². The molecular weight excluding hydrogens is 334 g/mol. The van der Waals surface area contributed by atoms with E-state index in [2.05, 4.69) is 46.9 Å². The van der Waals surface area contributed by atoms with Gasteiger partial charge in [-0.1, -0.05) is 53.4 Å². The van der Waals surface area contributed by atoms with Gasteiger partial charge in [-0.2, -0.15) is 0 Å². The summed E-state index contributed by atoms with van der Waals surface area (Å²) in [4.78, 5) is 0. The van der Waals surface area contributed by atoms with Crippen molar-refractivity contribution in [3.63, 3.8) is 0 Å². The van der Waals surface area contributed by atoms with Gasteiger partial charge in [-0.25, -0.2) is 0 Å². The number of unbranched alkanes of at least 4 members (excludes halogenated alkanes) is 3. The zero-order valence-electron chi connectivity index (χ0n) is 12.3. The van der Waals surface area contributed by atoms with E-state index in [1.165, 1.54) is 24.8 Å². The first-order valence-corrected chi connectivity index (χ1v) is 8.64. The van der Waals surface area contributed by atoms with Gasteiger partial charge in [-0.05, 0) is 56.0 Å². The van der Waals surface area contributed by atoms with Crippen molar-refractivity contribution in [1.29, 1.82) is 0 Å². The van der Waals surface area contributed by atoms with Crippen LogP contribution in [0, 0.1) is 0 Å². The van der Waals surface area contributed by atoms with Crippen molar-refractivity contribution >= 4 is 27.5 Å². The Morgan fingerprint density at radius 1 is 1.30 bits per heavy atom. The summed E-state index contributed by atoms with van der Waals surface area (Å²) < 4.78 is 1.05. The highest BCUT2D eigenvalue weighted by Crippen LogP contribution is 2.27. The summed E-state index contributed by atoms with van der Waals surface area (Å²) in [7, 11) is 0. The van der Waals surface area contributed by atoms with Crippen LogP contribution in [0.1, 0.15) is 57.1 Å². The Morgan fingerprint density at radius 2 is 2.10 bits per heavy atom. The Morgan fingerprint density at radius 3 is 2.75 bits per heavy atom. The summed E-state index contributed by atoms with van der Waals surface area (Å²) >= 11 is 9.69. The van der Waals surface area contributed by atoms with Gasteiger partial charge in [-0.15, -0.1) is 6.58 Å². The fourth-order valence-electron chi connectivity index (χ4n) is 2.30. The molecule has 1 aromatic rings. The molecule has 0 amide bonds. The van der Waals surface area contributed by atoms with Crippen LogP contribution in [0.4, 0.5) is 0 Å². The van der Waals surface area contributed by atoms with Crippen LogP contribution in [0.25, 0.3) is 0 Å². The molecule has 1 unspecified atom stereocenters. The lowest BCUT2D eigenvalue weighted by Crippen LogP contribution is -2.22. The van der Waals surface area contributed by atoms with Crippen LogP contribution >= 0.6 is 27.5 Å². The number of hydrogen-bond donors (Lipinski definition) is 1. The summed E-state index contributed by atoms with van der Waals surface area (Å²) in [6, 6.07) is 6.58. The van der Waals surface area contributed by atoms with Crippen molar-refractivity contribution in [2.75, 3.05) is 6.54 Å². The van der Waals surface area contributed by atoms with Crippen molar-refractivity contribution in [3.8, 4) is 0 Å². The second-order valence-corrected chi connectivity index (χ2v) is 6.49. The molecule has 1 nitrogen and oxygen atoms in total. The average molecular weight is 359 g/mol. The molecule has 1 N–H and O–H groups in total. The predicted octanol–water partition coefficient (Wildman–Crippen LogP) is 6.28. The maximum atomic E-state index is 6.16. The van der Waals surface area contributed by atoms with E-state index >= 15 is 0 Å². The minimum Gasteiger partial charge on any atom is -0.310 e. The lowest BCUT2D eigenvalue weighted by Gasteiger charge is -2.19. The van der Waals surface area contributed by atoms with E-state index < -0.39 is 0 Å². The highest BCUT2D eigenvalue weighted by atomic mass is 79.9. The van der Waals surface area contributed by atoms with Gasteiger partial charge in [0, 0.05) is 15.5 Å². The Labute approximate surface area is 136 Å². The molecule has 0 aliphatic rings. The van der Waals surface area contributed by atoms with Crippen LogP contribution < -0.4 is 5.32 Å². The summed E-state index contributed by atoms with van der Waals surface area (Å²) in [6.45, 7) is 7.01. The third kappa shape index (κ3) is 6.92. The molecule has 0 heterocycles. The van der Waals surface area contributed by atoms with Crippen molar-refractivity contribution < 1.29 is 0 Å². The zero-order chi connectivity index (χ0) is 14.8. The number of allylic oxidation sites excluding steroid dienone is 1. The van der Waals surface area contributed by atoms with Crippen LogP contribution in [0.15, 0.2) is 35.3 Å². The normalized spacial score (nSPS) is 12.3. The number of nitrogens with one attached hydrogen (secondary N) is 1. The number of rotatable bonds is 10. The monoisotopic (exact) mass is 357 g/mol. The van der Waals surface area contributed by atoms with Crippen LogP contribution in [-0.4, -0.2) is 6.54 Å². The smallest absolute Gasteiger partial charge is 0.0420 e. The molecule has 112 valence electrons. The van der Waals surface area contributed by atoms with Crippen molar-refractivity contribution in [3.05, 3.63) is 45.9 Å². The van der Waals surface area contributed by atoms with Gasteiger partial charge in [0.05, 0.1) is 0 Å². The van der Waals surface area contributed by atoms with E-state index in [1.807, 2.05) is 12.1 Å². The van der Waals surface area contributed by atoms with Gasteiger partial charge in [0.2, 0.25) is 0 Å². The van der Waals surface area contributed by atoms with Gasteiger partial charge < -0.3 is 5.32 Å². The molecule has 0 saturated carbocycles. The molecule has 3 heteroatoms. The second kappa shape index (κ2) is 10.4. The lowest BCUT2D eigenvalue weighted by atomic mass is 10.00. The first kappa shape index (κ1) is 17.7. The van der Waals surface area contributed by atoms with Crippen LogP contribution in [0.2, 0.25) is 5.02 Å². The first-order valence-electron chi connectivity index (χ1n) is 7.47. The van der Waals surface area contributed by atoms with Crippen molar-refractivity contribution in [1.82, 2.24) is 5.32 Å². The molecule has 20 heavy (non-hydrogen) atoms. The maximum absolute atomic E-state index is 6.16. The summed E-state index contributed by atoms with van der Waals surface area (Å²) in [5, 5.41) is 4.43. The largest absolute Gasteiger partial charge is 0.310 e. The number of benzene rings is 1. The highest BCUT2D eigenvalue weighted by Gasteiger charge is 2.11. The second-order valence-electron chi connectivity index (χ2n) is 5.14. The molecule has 0 bridgehead atoms. The quantitative estimate of drug-likeness (QED) is 0.383. The van der Waals surface area contributed by atoms with E-state index in [0.717, 1.165) is 35.3 Å². The summed E-state index contributed by atoms with van der Waals surface area (Å²) in [5.74, 6) is 0. The SMILES string of the molecule is C=CCCCCCC(NCCC)c1cc(Cl)cc(Br)c1. The first-order chi connectivity index (χ1) is 9.67. The summed E-state index contributed by atoms with van der Waals surface area (Å²) in [6.07, 6.45) is 9.16. The number of halogens is 2. The Hall–Kier alpha value is -0.310. The molecule has 1 atom stereocenters. The van der Waals surface area contributed by atoms with E-state index in [4.69, 9.17) is 11.6 Å². The molecule has 1 rings (SSSR count). The lowest BCUT2D eigenvalue weighted by molar-refractivity contribution is 0.472. The van der Waals surface area contributed by atoms with Gasteiger partial charge in [0.15, 0.2) is 0 Å². The Bertz CT molecular complexity index is 386. The third-order valence-electron chi connectivity index (χ3n) is 3.33. The van der Waals surface area contributed by atoms with E-state index in [0.29, 0.717) is 6.04 Å². The Balaban J connectivity index is 2.60. The minimum absolute atomic E-state index is 0.397. The molecule has 0 radical (unpaired) electrons. The van der Waals surface area contributed by atoms with Crippen LogP contribution in [-0.2, 0) is 0 Å². The van der Waals surface area contributed by atoms with E-state index in [9.17, 15) is 0 Å². The third-order valence-corrected chi connectivity index (χ3v) is 4.01. The standard InChI is InChI=1S/C17H25BrClN/c1-3-5-6-7-8-9-17(20-10-4-2)14-11-15(18)13-16(19)12-14/h3,11-13,17,20H,1,4-10H2,2H3. The van der Waals surface area contributed by atoms with Gasteiger partial charge >= 0.3 is 0 Å². The predicted molar refractivity (Wildman–Crippen MR) is 93.5 cm³/mol. The highest BCUT2D eigenvalue weighted by molar-refractivity contribution is 9.10. The van der Waals surface area contributed by atoms with Crippen molar-refractivity contribution in [2.45, 2.75) is 51.5 Å². The maximum Gasteiger partial charge on any atom is 0.0420 e. The fourth-order valence-corrected chi connectivity index (χ4v) is 3.18. The van der Waals surface area contributed by atoms with Gasteiger partial charge in [0.25, 0.3) is 0 Å². The van der Waals surface area contributed by atoms with Crippen LogP contribution in [0.3, 0.4) is 0 Å². The molecule has 0 saturated heterocycles. The van der Waals surface area contributed by atoms with E-state index in [-0.39, 0.29) is 0 Å². The van der Waals surface area contributed by atoms with Gasteiger partial charge in [0.1, 0.15) is 0 Å². The fraction of sp³-hybridized carbons (Fsp3) is 0.529. The Kier molecular flexibility index (Phi) is 9.24. The van der Waals surface area contributed by atoms with Crippen LogP contribution in [0.5, 0.6) is 0 Å². The van der Waals surface area contributed by atoms with Crippen molar-refractivity contribution in [2.24, 2.45) is 0 Å². The number of hydrogen-bond acceptors (Lipinski definition) is 1. The molecular formula is C17H25BrClN. The summed E-state index contributed by atoms with van der Waals surface area (Å²) in [5.41, 5.74) is 1.28. The van der Waals surface area contributed by atoms with E-state index in [1.54, 1.807) is 0 Å². The molecule has 0 aliphatic carbocycles. The molecule has 0 aliphatic heterocycles. The zero-order valence-corrected chi connectivity index (χ0v) is 14.6. The topological polar surface area (TPSA) is 12.0 Å². The molecule has 0 fully saturated rings. The average Bonchev–Trinajstić information content (AvgIpc) is 2.40. The molecule has 0 spiro atoms. The minimum atomic E-state index is 0.397. The molecule has 0 aromatic heterocycles.